The Balaban J connectivity index is 2.19. The normalized spacial score (nSPS) is 11.3. The highest BCUT2D eigenvalue weighted by Gasteiger charge is 2.22. The molecule has 3 aromatic rings. The van der Waals surface area contributed by atoms with Crippen LogP contribution in [0.5, 0.6) is 5.75 Å². The van der Waals surface area contributed by atoms with Gasteiger partial charge in [-0.25, -0.2) is 9.78 Å². The Kier molecular flexibility index (Phi) is 7.59. The fourth-order valence-electron chi connectivity index (χ4n) is 2.95. The number of hydrogen-bond acceptors (Lipinski definition) is 8. The van der Waals surface area contributed by atoms with Crippen molar-refractivity contribution in [1.29, 1.82) is 0 Å². The highest BCUT2D eigenvalue weighted by Crippen LogP contribution is 2.34. The molecular formula is C21H18Br2N4O6. The first-order valence-corrected chi connectivity index (χ1v) is 11.1. The van der Waals surface area contributed by atoms with E-state index in [4.69, 9.17) is 4.74 Å². The van der Waals surface area contributed by atoms with Gasteiger partial charge >= 0.3 is 11.7 Å². The summed E-state index contributed by atoms with van der Waals surface area (Å²) in [6.45, 7) is 3.20. The number of hydrogen-bond donors (Lipinski definition) is 0. The summed E-state index contributed by atoms with van der Waals surface area (Å²) in [4.78, 5) is 40.2. The van der Waals surface area contributed by atoms with Crippen molar-refractivity contribution in [3.05, 3.63) is 71.1 Å². The van der Waals surface area contributed by atoms with Gasteiger partial charge < -0.3 is 9.47 Å². The molecule has 12 heteroatoms. The predicted molar refractivity (Wildman–Crippen MR) is 129 cm³/mol. The quantitative estimate of drug-likeness (QED) is 0.175. The lowest BCUT2D eigenvalue weighted by molar-refractivity contribution is -0.385. The van der Waals surface area contributed by atoms with Gasteiger partial charge in [0.1, 0.15) is 5.82 Å². The molecule has 0 N–H and O–H groups in total. The van der Waals surface area contributed by atoms with Gasteiger partial charge in [-0.2, -0.15) is 9.78 Å². The number of methoxy groups -OCH3 is 1. The molecule has 0 radical (unpaired) electrons. The molecule has 0 amide bonds. The van der Waals surface area contributed by atoms with Crippen LogP contribution in [0.2, 0.25) is 0 Å². The summed E-state index contributed by atoms with van der Waals surface area (Å²) in [7, 11) is 1.18. The highest BCUT2D eigenvalue weighted by molar-refractivity contribution is 9.10. The third-order valence-electron chi connectivity index (χ3n) is 4.48. The number of ether oxygens (including phenoxy) is 2. The van der Waals surface area contributed by atoms with Crippen molar-refractivity contribution in [2.24, 2.45) is 5.10 Å². The number of carbonyl (C=O) groups excluding carboxylic acids is 1. The SMILES string of the molecule is COC(=O)COc1c(C=Nn2c(C(C)C)nc3ccc(Br)cc3c2=O)cc(Br)cc1[N+](=O)[O-]. The van der Waals surface area contributed by atoms with Crippen molar-refractivity contribution in [3.63, 3.8) is 0 Å². The van der Waals surface area contributed by atoms with Crippen LogP contribution in [-0.4, -0.2) is 40.5 Å². The number of rotatable bonds is 7. The predicted octanol–water partition coefficient (Wildman–Crippen LogP) is 4.39. The zero-order valence-corrected chi connectivity index (χ0v) is 20.9. The summed E-state index contributed by atoms with van der Waals surface area (Å²) < 4.78 is 12.2. The molecule has 2 aromatic carbocycles. The Morgan fingerprint density at radius 1 is 1.27 bits per heavy atom. The lowest BCUT2D eigenvalue weighted by Gasteiger charge is -2.13. The molecule has 0 aliphatic heterocycles. The number of esters is 1. The minimum absolute atomic E-state index is 0.144. The molecule has 0 fully saturated rings. The van der Waals surface area contributed by atoms with E-state index in [1.807, 2.05) is 13.8 Å². The van der Waals surface area contributed by atoms with E-state index in [2.05, 4.69) is 46.7 Å². The third kappa shape index (κ3) is 5.45. The molecule has 0 atom stereocenters. The topological polar surface area (TPSA) is 126 Å². The van der Waals surface area contributed by atoms with E-state index >= 15 is 0 Å². The van der Waals surface area contributed by atoms with Crippen LogP contribution in [0.3, 0.4) is 0 Å². The van der Waals surface area contributed by atoms with Gasteiger partial charge in [-0.3, -0.25) is 14.9 Å². The Hall–Kier alpha value is -3.12. The molecule has 10 nitrogen and oxygen atoms in total. The van der Waals surface area contributed by atoms with Gasteiger partial charge in [-0.1, -0.05) is 45.7 Å². The maximum absolute atomic E-state index is 13.2. The van der Waals surface area contributed by atoms with Gasteiger partial charge in [0.05, 0.1) is 29.2 Å². The molecule has 0 saturated carbocycles. The van der Waals surface area contributed by atoms with E-state index < -0.39 is 23.1 Å². The van der Waals surface area contributed by atoms with Gasteiger partial charge in [0.2, 0.25) is 5.75 Å². The van der Waals surface area contributed by atoms with E-state index in [0.29, 0.717) is 25.7 Å². The second kappa shape index (κ2) is 10.2. The summed E-state index contributed by atoms with van der Waals surface area (Å²) in [6, 6.07) is 7.93. The number of carbonyl (C=O) groups is 1. The molecule has 33 heavy (non-hydrogen) atoms. The molecule has 3 rings (SSSR count). The third-order valence-corrected chi connectivity index (χ3v) is 5.43. The molecule has 0 spiro atoms. The summed E-state index contributed by atoms with van der Waals surface area (Å²) >= 11 is 6.58. The van der Waals surface area contributed by atoms with Gasteiger partial charge in [0.25, 0.3) is 5.56 Å². The van der Waals surface area contributed by atoms with E-state index in [9.17, 15) is 19.7 Å². The van der Waals surface area contributed by atoms with Crippen LogP contribution in [0.4, 0.5) is 5.69 Å². The van der Waals surface area contributed by atoms with Crippen molar-refractivity contribution < 1.29 is 19.2 Å². The highest BCUT2D eigenvalue weighted by atomic mass is 79.9. The largest absolute Gasteiger partial charge is 0.474 e. The van der Waals surface area contributed by atoms with Crippen LogP contribution >= 0.6 is 31.9 Å². The second-order valence-corrected chi connectivity index (χ2v) is 8.94. The number of fused-ring (bicyclic) bond motifs is 1. The molecular weight excluding hydrogens is 564 g/mol. The lowest BCUT2D eigenvalue weighted by Crippen LogP contribution is -2.23. The number of nitro benzene ring substituents is 1. The van der Waals surface area contributed by atoms with Crippen LogP contribution in [0.1, 0.15) is 31.2 Å². The van der Waals surface area contributed by atoms with E-state index in [-0.39, 0.29) is 22.9 Å². The summed E-state index contributed by atoms with van der Waals surface area (Å²) in [6.07, 6.45) is 1.25. The summed E-state index contributed by atoms with van der Waals surface area (Å²) in [5, 5.41) is 16.2. The lowest BCUT2D eigenvalue weighted by atomic mass is 10.2. The summed E-state index contributed by atoms with van der Waals surface area (Å²) in [5.41, 5.74) is -0.0797. The maximum atomic E-state index is 13.2. The molecule has 0 saturated heterocycles. The fourth-order valence-corrected chi connectivity index (χ4v) is 3.77. The molecule has 0 bridgehead atoms. The molecule has 172 valence electrons. The number of nitro groups is 1. The average molecular weight is 582 g/mol. The Morgan fingerprint density at radius 3 is 2.64 bits per heavy atom. The van der Waals surface area contributed by atoms with E-state index in [1.165, 1.54) is 25.5 Å². The number of nitrogens with zero attached hydrogens (tertiary/aromatic N) is 4. The average Bonchev–Trinajstić information content (AvgIpc) is 2.77. The molecule has 1 heterocycles. The monoisotopic (exact) mass is 580 g/mol. The van der Waals surface area contributed by atoms with Crippen LogP contribution in [0, 0.1) is 10.1 Å². The Labute approximate surface area is 204 Å². The second-order valence-electron chi connectivity index (χ2n) is 7.11. The van der Waals surface area contributed by atoms with Crippen LogP contribution in [0.15, 0.2) is 49.2 Å². The number of halogens is 2. The smallest absolute Gasteiger partial charge is 0.343 e. The first-order chi connectivity index (χ1) is 15.6. The first-order valence-electron chi connectivity index (χ1n) is 9.56. The fraction of sp³-hybridized carbons (Fsp3) is 0.238. The number of aromatic nitrogens is 2. The minimum atomic E-state index is -0.710. The Bertz CT molecular complexity index is 1340. The molecule has 0 unspecified atom stereocenters. The number of benzene rings is 2. The minimum Gasteiger partial charge on any atom is -0.474 e. The zero-order valence-electron chi connectivity index (χ0n) is 17.7. The zero-order chi connectivity index (χ0) is 24.3. The molecule has 0 aliphatic rings. The summed E-state index contributed by atoms with van der Waals surface area (Å²) in [5.74, 6) is -0.631. The van der Waals surface area contributed by atoms with Crippen molar-refractivity contribution >= 4 is 60.6 Å². The van der Waals surface area contributed by atoms with Gasteiger partial charge in [0.15, 0.2) is 6.61 Å². The first kappa shape index (κ1) is 24.5. The van der Waals surface area contributed by atoms with Crippen molar-refractivity contribution in [1.82, 2.24) is 9.66 Å². The van der Waals surface area contributed by atoms with Crippen molar-refractivity contribution in [2.45, 2.75) is 19.8 Å². The standard InChI is InChI=1S/C21H18Br2N4O6/c1-11(2)20-25-16-5-4-13(22)7-15(16)21(29)26(20)24-9-12-6-14(23)8-17(27(30)31)19(12)33-10-18(28)32-3/h4-9,11H,10H2,1-3H3. The van der Waals surface area contributed by atoms with E-state index in [1.54, 1.807) is 18.2 Å². The van der Waals surface area contributed by atoms with Crippen LogP contribution in [0.25, 0.3) is 10.9 Å². The molecule has 0 aliphatic carbocycles. The molecule has 1 aromatic heterocycles. The van der Waals surface area contributed by atoms with Crippen LogP contribution in [-0.2, 0) is 9.53 Å². The maximum Gasteiger partial charge on any atom is 0.343 e. The van der Waals surface area contributed by atoms with Crippen molar-refractivity contribution in [2.75, 3.05) is 13.7 Å². The van der Waals surface area contributed by atoms with Gasteiger partial charge in [-0.15, -0.1) is 0 Å². The Morgan fingerprint density at radius 2 is 2.00 bits per heavy atom. The van der Waals surface area contributed by atoms with Gasteiger partial charge in [0, 0.05) is 26.5 Å². The van der Waals surface area contributed by atoms with E-state index in [0.717, 1.165) is 4.68 Å². The van der Waals surface area contributed by atoms with Crippen LogP contribution < -0.4 is 10.3 Å². The van der Waals surface area contributed by atoms with Crippen molar-refractivity contribution in [3.8, 4) is 5.75 Å². The van der Waals surface area contributed by atoms with Gasteiger partial charge in [-0.05, 0) is 24.3 Å².